The van der Waals surface area contributed by atoms with Crippen molar-refractivity contribution < 1.29 is 23.0 Å². The maximum Gasteiger partial charge on any atom is 0.281 e. The summed E-state index contributed by atoms with van der Waals surface area (Å²) in [4.78, 5) is 17.2. The summed E-state index contributed by atoms with van der Waals surface area (Å²) in [5.41, 5.74) is 1.00. The minimum absolute atomic E-state index is 0.139. The van der Waals surface area contributed by atoms with Gasteiger partial charge in [0.05, 0.1) is 19.1 Å². The Morgan fingerprint density at radius 3 is 2.00 bits per heavy atom. The Morgan fingerprint density at radius 1 is 0.868 bits per heavy atom. The average molecular weight is 535 g/mol. The Bertz CT molecular complexity index is 1570. The quantitative estimate of drug-likeness (QED) is 0.320. The number of rotatable bonds is 9. The van der Waals surface area contributed by atoms with Crippen LogP contribution in [0.1, 0.15) is 26.1 Å². The molecule has 38 heavy (non-hydrogen) atoms. The van der Waals surface area contributed by atoms with Gasteiger partial charge in [0.2, 0.25) is 15.7 Å². The van der Waals surface area contributed by atoms with E-state index < -0.39 is 26.2 Å². The molecule has 0 aliphatic rings. The number of hydrogen-bond donors (Lipinski definition) is 1. The minimum Gasteiger partial charge on any atom is -0.494 e. The first-order valence-electron chi connectivity index (χ1n) is 12.2. The lowest BCUT2D eigenvalue weighted by molar-refractivity contribution is 0.386. The van der Waals surface area contributed by atoms with Crippen molar-refractivity contribution in [2.75, 3.05) is 14.2 Å². The van der Waals surface area contributed by atoms with Crippen LogP contribution in [0, 0.1) is 5.92 Å². The highest BCUT2D eigenvalue weighted by molar-refractivity contribution is 7.91. The zero-order valence-corrected chi connectivity index (χ0v) is 22.5. The van der Waals surface area contributed by atoms with Gasteiger partial charge in [-0.15, -0.1) is 0 Å². The van der Waals surface area contributed by atoms with E-state index in [9.17, 15) is 18.3 Å². The molecule has 0 saturated carbocycles. The van der Waals surface area contributed by atoms with Crippen molar-refractivity contribution in [3.05, 3.63) is 89.0 Å². The fourth-order valence-corrected chi connectivity index (χ4v) is 5.55. The number of hydrogen-bond acceptors (Lipinski definition) is 7. The van der Waals surface area contributed by atoms with Gasteiger partial charge in [-0.1, -0.05) is 62.4 Å². The molecular weight excluding hydrogens is 504 g/mol. The number of methoxy groups -OCH3 is 2. The molecule has 9 heteroatoms. The summed E-state index contributed by atoms with van der Waals surface area (Å²) in [7, 11) is -1.56. The van der Waals surface area contributed by atoms with Gasteiger partial charge in [0.15, 0.2) is 4.90 Å². The molecule has 1 heterocycles. The number of aromatic nitrogens is 2. The Morgan fingerprint density at radius 2 is 1.45 bits per heavy atom. The number of sulfone groups is 1. The second-order valence-corrected chi connectivity index (χ2v) is 11.0. The predicted octanol–water partition coefficient (Wildman–Crippen LogP) is 5.04. The van der Waals surface area contributed by atoms with E-state index in [0.29, 0.717) is 24.3 Å². The van der Waals surface area contributed by atoms with Gasteiger partial charge in [-0.25, -0.2) is 8.42 Å². The van der Waals surface area contributed by atoms with Gasteiger partial charge >= 0.3 is 0 Å². The Balaban J connectivity index is 1.94. The fraction of sp³-hybridized carbons (Fsp3) is 0.241. The minimum atomic E-state index is -4.44. The number of benzene rings is 3. The Labute approximate surface area is 222 Å². The van der Waals surface area contributed by atoms with Crippen LogP contribution < -0.4 is 15.0 Å². The first-order valence-corrected chi connectivity index (χ1v) is 13.6. The van der Waals surface area contributed by atoms with Gasteiger partial charge in [0.25, 0.3) is 5.56 Å². The maximum atomic E-state index is 14.0. The summed E-state index contributed by atoms with van der Waals surface area (Å²) >= 11 is 0. The average Bonchev–Trinajstić information content (AvgIpc) is 2.92. The lowest BCUT2D eigenvalue weighted by Crippen LogP contribution is -2.30. The first kappa shape index (κ1) is 26.9. The molecule has 0 saturated heterocycles. The molecule has 0 unspecified atom stereocenters. The number of aromatic hydroxyl groups is 1. The largest absolute Gasteiger partial charge is 0.494 e. The number of ether oxygens (including phenoxy) is 2. The maximum absolute atomic E-state index is 14.0. The molecule has 0 radical (unpaired) electrons. The summed E-state index contributed by atoms with van der Waals surface area (Å²) in [6.45, 7) is 4.04. The third-order valence-corrected chi connectivity index (χ3v) is 7.99. The molecule has 0 amide bonds. The standard InChI is InChI=1S/C29H30N2O6S/c1-19(2)13-18-25-30-28(32)27(29(33)31(25)26-23(36-3)11-8-12-24(26)37-4)38(34,35)22-16-14-21(15-17-22)20-9-6-5-7-10-20/h5-12,14-17,19,32H,13,18H2,1-4H3. The Hall–Kier alpha value is -4.11. The first-order chi connectivity index (χ1) is 18.2. The van der Waals surface area contributed by atoms with E-state index >= 15 is 0 Å². The van der Waals surface area contributed by atoms with Gasteiger partial charge in [-0.05, 0) is 47.7 Å². The molecule has 0 bridgehead atoms. The van der Waals surface area contributed by atoms with Crippen molar-refractivity contribution in [2.24, 2.45) is 5.92 Å². The number of aryl methyl sites for hydroxylation is 1. The summed E-state index contributed by atoms with van der Waals surface area (Å²) in [6.07, 6.45) is 0.962. The van der Waals surface area contributed by atoms with Gasteiger partial charge in [-0.2, -0.15) is 4.98 Å². The SMILES string of the molecule is COc1cccc(OC)c1-n1c(CCC(C)C)nc(O)c(S(=O)(=O)c2ccc(-c3ccccc3)cc2)c1=O. The van der Waals surface area contributed by atoms with Crippen molar-refractivity contribution in [1.29, 1.82) is 0 Å². The van der Waals surface area contributed by atoms with Crippen LogP contribution >= 0.6 is 0 Å². The molecule has 0 atom stereocenters. The summed E-state index contributed by atoms with van der Waals surface area (Å²) in [6, 6.07) is 20.6. The normalized spacial score (nSPS) is 11.5. The van der Waals surface area contributed by atoms with E-state index in [1.54, 1.807) is 30.3 Å². The van der Waals surface area contributed by atoms with E-state index in [4.69, 9.17) is 9.47 Å². The van der Waals surface area contributed by atoms with Crippen LogP contribution in [0.4, 0.5) is 0 Å². The molecule has 4 aromatic rings. The predicted molar refractivity (Wildman–Crippen MR) is 145 cm³/mol. The molecule has 1 aromatic heterocycles. The van der Waals surface area contributed by atoms with E-state index in [2.05, 4.69) is 4.98 Å². The van der Waals surface area contributed by atoms with Crippen LogP contribution in [-0.2, 0) is 16.3 Å². The van der Waals surface area contributed by atoms with Crippen LogP contribution in [0.15, 0.2) is 87.4 Å². The van der Waals surface area contributed by atoms with Gasteiger partial charge < -0.3 is 14.6 Å². The topological polar surface area (TPSA) is 108 Å². The zero-order valence-electron chi connectivity index (χ0n) is 21.7. The molecule has 0 spiro atoms. The second-order valence-electron chi connectivity index (χ2n) is 9.16. The smallest absolute Gasteiger partial charge is 0.281 e. The van der Waals surface area contributed by atoms with Crippen LogP contribution in [0.5, 0.6) is 17.4 Å². The van der Waals surface area contributed by atoms with Crippen molar-refractivity contribution in [1.82, 2.24) is 9.55 Å². The molecule has 4 rings (SSSR count). The van der Waals surface area contributed by atoms with Crippen LogP contribution in [0.3, 0.4) is 0 Å². The molecule has 1 N–H and O–H groups in total. The highest BCUT2D eigenvalue weighted by Crippen LogP contribution is 2.34. The van der Waals surface area contributed by atoms with Crippen LogP contribution in [0.2, 0.25) is 0 Å². The van der Waals surface area contributed by atoms with E-state index in [1.807, 2.05) is 44.2 Å². The highest BCUT2D eigenvalue weighted by atomic mass is 32.2. The van der Waals surface area contributed by atoms with Gasteiger partial charge in [0.1, 0.15) is 23.0 Å². The van der Waals surface area contributed by atoms with Crippen molar-refractivity contribution in [3.8, 4) is 34.2 Å². The fourth-order valence-electron chi connectivity index (χ4n) is 4.22. The highest BCUT2D eigenvalue weighted by Gasteiger charge is 2.31. The molecule has 0 aliphatic carbocycles. The third kappa shape index (κ3) is 5.15. The van der Waals surface area contributed by atoms with Gasteiger partial charge in [-0.3, -0.25) is 9.36 Å². The van der Waals surface area contributed by atoms with Crippen LogP contribution in [-0.4, -0.2) is 37.3 Å². The van der Waals surface area contributed by atoms with E-state index in [0.717, 1.165) is 11.1 Å². The van der Waals surface area contributed by atoms with Crippen molar-refractivity contribution in [2.45, 2.75) is 36.5 Å². The lowest BCUT2D eigenvalue weighted by atomic mass is 10.1. The second kappa shape index (κ2) is 11.1. The zero-order chi connectivity index (χ0) is 27.4. The van der Waals surface area contributed by atoms with Gasteiger partial charge in [0, 0.05) is 6.42 Å². The number of para-hydroxylation sites is 1. The number of nitrogens with zero attached hydrogens (tertiary/aromatic N) is 2. The molecular formula is C29H30N2O6S. The van der Waals surface area contributed by atoms with E-state index in [1.165, 1.54) is 30.9 Å². The monoisotopic (exact) mass is 534 g/mol. The Kier molecular flexibility index (Phi) is 7.87. The molecule has 0 fully saturated rings. The summed E-state index contributed by atoms with van der Waals surface area (Å²) in [5, 5.41) is 10.8. The summed E-state index contributed by atoms with van der Waals surface area (Å²) < 4.78 is 39.6. The molecule has 0 aliphatic heterocycles. The van der Waals surface area contributed by atoms with E-state index in [-0.39, 0.29) is 22.3 Å². The molecule has 198 valence electrons. The van der Waals surface area contributed by atoms with Crippen LogP contribution in [0.25, 0.3) is 16.8 Å². The lowest BCUT2D eigenvalue weighted by Gasteiger charge is -2.20. The third-order valence-electron chi connectivity index (χ3n) is 6.20. The van der Waals surface area contributed by atoms with Crippen molar-refractivity contribution in [3.63, 3.8) is 0 Å². The molecule has 3 aromatic carbocycles. The van der Waals surface area contributed by atoms with Crippen molar-refractivity contribution >= 4 is 9.84 Å². The molecule has 8 nitrogen and oxygen atoms in total. The summed E-state index contributed by atoms with van der Waals surface area (Å²) in [5.74, 6) is 0.211.